The molecule has 0 aliphatic rings. The fourth-order valence-electron chi connectivity index (χ4n) is 2.39. The zero-order valence-corrected chi connectivity index (χ0v) is 14.0. The molecule has 2 aromatic rings. The topological polar surface area (TPSA) is 61.8 Å². The van der Waals surface area contributed by atoms with E-state index < -0.39 is 0 Å². The van der Waals surface area contributed by atoms with E-state index in [1.807, 2.05) is 0 Å². The van der Waals surface area contributed by atoms with Crippen LogP contribution in [0.15, 0.2) is 42.5 Å². The molecule has 0 aliphatic heterocycles. The number of para-hydroxylation sites is 1. The fraction of sp³-hybridized carbons (Fsp3) is 0.263. The zero-order valence-electron chi connectivity index (χ0n) is 14.0. The monoisotopic (exact) mass is 328 g/mol. The van der Waals surface area contributed by atoms with Crippen LogP contribution in [0, 0.1) is 0 Å². The van der Waals surface area contributed by atoms with Gasteiger partial charge in [0.25, 0.3) is 0 Å². The first-order valence-electron chi connectivity index (χ1n) is 7.52. The molecular formula is C19H20O5. The van der Waals surface area contributed by atoms with E-state index in [0.29, 0.717) is 28.4 Å². The summed E-state index contributed by atoms with van der Waals surface area (Å²) in [5.41, 5.74) is 0.973. The lowest BCUT2D eigenvalue weighted by atomic mass is 10.0. The Morgan fingerprint density at radius 1 is 0.750 bits per heavy atom. The second-order valence-electron chi connectivity index (χ2n) is 5.12. The van der Waals surface area contributed by atoms with E-state index in [1.54, 1.807) is 42.5 Å². The van der Waals surface area contributed by atoms with Gasteiger partial charge in [-0.3, -0.25) is 9.59 Å². The molecule has 24 heavy (non-hydrogen) atoms. The van der Waals surface area contributed by atoms with Gasteiger partial charge >= 0.3 is 0 Å². The van der Waals surface area contributed by atoms with Crippen LogP contribution in [0.25, 0.3) is 0 Å². The standard InChI is InChI=1S/C19H20O5/c1-22-17-7-5-4-6-14(17)16(21)10-9-15(20)13-8-11-18(23-2)19(12-13)24-3/h4-8,11-12H,9-10H2,1-3H3. The Morgan fingerprint density at radius 2 is 1.38 bits per heavy atom. The molecule has 126 valence electrons. The molecule has 0 saturated heterocycles. The Morgan fingerprint density at radius 3 is 2.04 bits per heavy atom. The molecule has 0 heterocycles. The minimum Gasteiger partial charge on any atom is -0.496 e. The van der Waals surface area contributed by atoms with Crippen molar-refractivity contribution in [1.82, 2.24) is 0 Å². The van der Waals surface area contributed by atoms with Gasteiger partial charge in [0.15, 0.2) is 23.1 Å². The van der Waals surface area contributed by atoms with Gasteiger partial charge in [-0.05, 0) is 30.3 Å². The van der Waals surface area contributed by atoms with E-state index in [2.05, 4.69) is 0 Å². The maximum absolute atomic E-state index is 12.3. The number of methoxy groups -OCH3 is 3. The maximum atomic E-state index is 12.3. The molecule has 0 spiro atoms. The van der Waals surface area contributed by atoms with Crippen LogP contribution in [-0.4, -0.2) is 32.9 Å². The van der Waals surface area contributed by atoms with Crippen molar-refractivity contribution in [3.05, 3.63) is 53.6 Å². The van der Waals surface area contributed by atoms with Crippen LogP contribution in [-0.2, 0) is 0 Å². The van der Waals surface area contributed by atoms with Gasteiger partial charge in [-0.25, -0.2) is 0 Å². The summed E-state index contributed by atoms with van der Waals surface area (Å²) < 4.78 is 15.5. The smallest absolute Gasteiger partial charge is 0.167 e. The number of carbonyl (C=O) groups is 2. The zero-order chi connectivity index (χ0) is 17.5. The van der Waals surface area contributed by atoms with Crippen LogP contribution >= 0.6 is 0 Å². The summed E-state index contributed by atoms with van der Waals surface area (Å²) in [6.45, 7) is 0. The second-order valence-corrected chi connectivity index (χ2v) is 5.12. The van der Waals surface area contributed by atoms with Gasteiger partial charge in [-0.15, -0.1) is 0 Å². The number of Topliss-reactive ketones (excluding diaryl/α,β-unsaturated/α-hetero) is 2. The highest BCUT2D eigenvalue weighted by Gasteiger charge is 2.15. The third-order valence-corrected chi connectivity index (χ3v) is 3.69. The second kappa shape index (κ2) is 8.15. The van der Waals surface area contributed by atoms with Gasteiger partial charge in [-0.2, -0.15) is 0 Å². The van der Waals surface area contributed by atoms with E-state index in [4.69, 9.17) is 14.2 Å². The van der Waals surface area contributed by atoms with Crippen LogP contribution in [0.4, 0.5) is 0 Å². The van der Waals surface area contributed by atoms with Crippen molar-refractivity contribution in [2.75, 3.05) is 21.3 Å². The highest BCUT2D eigenvalue weighted by Crippen LogP contribution is 2.28. The predicted molar refractivity (Wildman–Crippen MR) is 90.4 cm³/mol. The van der Waals surface area contributed by atoms with E-state index in [9.17, 15) is 9.59 Å². The molecule has 0 bridgehead atoms. The van der Waals surface area contributed by atoms with E-state index in [0.717, 1.165) is 0 Å². The summed E-state index contributed by atoms with van der Waals surface area (Å²) in [4.78, 5) is 24.6. The normalized spacial score (nSPS) is 10.1. The lowest BCUT2D eigenvalue weighted by Crippen LogP contribution is -2.07. The van der Waals surface area contributed by atoms with Crippen molar-refractivity contribution in [2.45, 2.75) is 12.8 Å². The number of hydrogen-bond acceptors (Lipinski definition) is 5. The number of carbonyl (C=O) groups excluding carboxylic acids is 2. The van der Waals surface area contributed by atoms with Gasteiger partial charge in [-0.1, -0.05) is 12.1 Å². The lowest BCUT2D eigenvalue weighted by Gasteiger charge is -2.09. The minimum absolute atomic E-state index is 0.117. The molecular weight excluding hydrogens is 308 g/mol. The molecule has 0 aliphatic carbocycles. The van der Waals surface area contributed by atoms with Crippen LogP contribution in [0.3, 0.4) is 0 Å². The summed E-state index contributed by atoms with van der Waals surface area (Å²) in [6.07, 6.45) is 0.236. The van der Waals surface area contributed by atoms with Gasteiger partial charge in [0, 0.05) is 18.4 Å². The van der Waals surface area contributed by atoms with E-state index >= 15 is 0 Å². The third kappa shape index (κ3) is 3.93. The lowest BCUT2D eigenvalue weighted by molar-refractivity contribution is 0.0915. The first-order valence-corrected chi connectivity index (χ1v) is 7.52. The average Bonchev–Trinajstić information content (AvgIpc) is 2.64. The fourth-order valence-corrected chi connectivity index (χ4v) is 2.39. The average molecular weight is 328 g/mol. The molecule has 0 unspecified atom stereocenters. The SMILES string of the molecule is COc1ccc(C(=O)CCC(=O)c2ccccc2OC)cc1OC. The van der Waals surface area contributed by atoms with Crippen LogP contribution in [0.2, 0.25) is 0 Å². The van der Waals surface area contributed by atoms with Crippen molar-refractivity contribution < 1.29 is 23.8 Å². The number of ether oxygens (including phenoxy) is 3. The Balaban J connectivity index is 2.06. The number of benzene rings is 2. The molecule has 0 radical (unpaired) electrons. The van der Waals surface area contributed by atoms with Gasteiger partial charge < -0.3 is 14.2 Å². The molecule has 0 aromatic heterocycles. The summed E-state index contributed by atoms with van der Waals surface area (Å²) >= 11 is 0. The Labute approximate surface area is 141 Å². The molecule has 2 rings (SSSR count). The first kappa shape index (κ1) is 17.5. The van der Waals surface area contributed by atoms with Gasteiger partial charge in [0.1, 0.15) is 5.75 Å². The molecule has 2 aromatic carbocycles. The van der Waals surface area contributed by atoms with Crippen molar-refractivity contribution >= 4 is 11.6 Å². The van der Waals surface area contributed by atoms with Crippen molar-refractivity contribution in [2.24, 2.45) is 0 Å². The predicted octanol–water partition coefficient (Wildman–Crippen LogP) is 3.56. The summed E-state index contributed by atoms with van der Waals surface area (Å²) in [6, 6.07) is 11.9. The first-order chi connectivity index (χ1) is 11.6. The number of hydrogen-bond donors (Lipinski definition) is 0. The molecule has 0 N–H and O–H groups in total. The third-order valence-electron chi connectivity index (χ3n) is 3.69. The summed E-state index contributed by atoms with van der Waals surface area (Å²) in [5, 5.41) is 0. The molecule has 0 atom stereocenters. The Kier molecular flexibility index (Phi) is 5.95. The quantitative estimate of drug-likeness (QED) is 0.693. The Bertz CT molecular complexity index is 736. The Hall–Kier alpha value is -2.82. The van der Waals surface area contributed by atoms with E-state index in [1.165, 1.54) is 21.3 Å². The molecule has 5 nitrogen and oxygen atoms in total. The largest absolute Gasteiger partial charge is 0.496 e. The number of rotatable bonds is 8. The van der Waals surface area contributed by atoms with Crippen molar-refractivity contribution in [3.8, 4) is 17.2 Å². The maximum Gasteiger partial charge on any atom is 0.167 e. The van der Waals surface area contributed by atoms with Crippen LogP contribution < -0.4 is 14.2 Å². The summed E-state index contributed by atoms with van der Waals surface area (Å²) in [5.74, 6) is 1.31. The van der Waals surface area contributed by atoms with Crippen molar-refractivity contribution in [1.29, 1.82) is 0 Å². The van der Waals surface area contributed by atoms with Gasteiger partial charge in [0.05, 0.1) is 26.9 Å². The minimum atomic E-state index is -0.126. The molecule has 0 amide bonds. The van der Waals surface area contributed by atoms with Crippen LogP contribution in [0.5, 0.6) is 17.2 Å². The molecule has 0 fully saturated rings. The van der Waals surface area contributed by atoms with Gasteiger partial charge in [0.2, 0.25) is 0 Å². The van der Waals surface area contributed by atoms with Crippen molar-refractivity contribution in [3.63, 3.8) is 0 Å². The van der Waals surface area contributed by atoms with E-state index in [-0.39, 0.29) is 24.4 Å². The van der Waals surface area contributed by atoms with Crippen LogP contribution in [0.1, 0.15) is 33.6 Å². The molecule has 5 heteroatoms. The number of ketones is 2. The summed E-state index contributed by atoms with van der Waals surface area (Å²) in [7, 11) is 4.56. The highest BCUT2D eigenvalue weighted by molar-refractivity contribution is 6.03. The molecule has 0 saturated carbocycles. The highest BCUT2D eigenvalue weighted by atomic mass is 16.5.